The maximum Gasteiger partial charge on any atom is 0.295 e. The first-order valence-corrected chi connectivity index (χ1v) is 9.51. The number of hydrogen-bond acceptors (Lipinski definition) is 5. The first kappa shape index (κ1) is 20.5. The number of nitro benzene ring substituents is 1. The van der Waals surface area contributed by atoms with Gasteiger partial charge in [-0.25, -0.2) is 0 Å². The van der Waals surface area contributed by atoms with Crippen LogP contribution in [0.4, 0.5) is 5.69 Å². The van der Waals surface area contributed by atoms with E-state index < -0.39 is 22.7 Å². The zero-order valence-electron chi connectivity index (χ0n) is 15.7. The molecule has 1 aliphatic heterocycles. The minimum atomic E-state index is -0.821. The van der Waals surface area contributed by atoms with Gasteiger partial charge in [0.25, 0.3) is 17.4 Å². The SMILES string of the molecule is CCCCN1C(=O)C(=O)/C(=C(/O)c2ccc(Cl)cc2)[C@H]1c1ccc([N+](=O)[O-])cc1. The highest BCUT2D eigenvalue weighted by Gasteiger charge is 2.45. The zero-order valence-corrected chi connectivity index (χ0v) is 16.4. The summed E-state index contributed by atoms with van der Waals surface area (Å²) in [5.74, 6) is -1.78. The minimum Gasteiger partial charge on any atom is -0.507 e. The van der Waals surface area contributed by atoms with Crippen LogP contribution in [0.15, 0.2) is 54.1 Å². The summed E-state index contributed by atoms with van der Waals surface area (Å²) in [6.45, 7) is 2.30. The van der Waals surface area contributed by atoms with E-state index in [1.807, 2.05) is 6.92 Å². The summed E-state index contributed by atoms with van der Waals surface area (Å²) in [6.07, 6.45) is 1.49. The van der Waals surface area contributed by atoms with Crippen LogP contribution in [0.25, 0.3) is 5.76 Å². The average Bonchev–Trinajstić information content (AvgIpc) is 2.97. The number of rotatable bonds is 6. The molecule has 3 rings (SSSR count). The Labute approximate surface area is 172 Å². The summed E-state index contributed by atoms with van der Waals surface area (Å²) in [5, 5.41) is 22.3. The summed E-state index contributed by atoms with van der Waals surface area (Å²) >= 11 is 5.89. The quantitative estimate of drug-likeness (QED) is 0.247. The van der Waals surface area contributed by atoms with E-state index in [-0.39, 0.29) is 17.0 Å². The smallest absolute Gasteiger partial charge is 0.295 e. The van der Waals surface area contributed by atoms with Crippen LogP contribution in [-0.2, 0) is 9.59 Å². The number of aliphatic hydroxyl groups excluding tert-OH is 1. The Balaban J connectivity index is 2.14. The topological polar surface area (TPSA) is 101 Å². The number of carbonyl (C=O) groups is 2. The Kier molecular flexibility index (Phi) is 5.98. The lowest BCUT2D eigenvalue weighted by atomic mass is 9.95. The number of ketones is 1. The highest BCUT2D eigenvalue weighted by molar-refractivity contribution is 6.46. The first-order chi connectivity index (χ1) is 13.8. The summed E-state index contributed by atoms with van der Waals surface area (Å²) in [5.41, 5.74) is 0.732. The Hall–Kier alpha value is -3.19. The number of amides is 1. The van der Waals surface area contributed by atoms with E-state index >= 15 is 0 Å². The number of aliphatic hydroxyl groups is 1. The van der Waals surface area contributed by atoms with Gasteiger partial charge in [-0.3, -0.25) is 19.7 Å². The van der Waals surface area contributed by atoms with Crippen LogP contribution in [0, 0.1) is 10.1 Å². The van der Waals surface area contributed by atoms with Crippen LogP contribution in [0.3, 0.4) is 0 Å². The van der Waals surface area contributed by atoms with Crippen molar-refractivity contribution in [1.82, 2.24) is 4.90 Å². The molecule has 150 valence electrons. The molecular weight excluding hydrogens is 396 g/mol. The van der Waals surface area contributed by atoms with Crippen LogP contribution < -0.4 is 0 Å². The molecule has 1 N–H and O–H groups in total. The van der Waals surface area contributed by atoms with Gasteiger partial charge in [-0.05, 0) is 48.4 Å². The van der Waals surface area contributed by atoms with Crippen molar-refractivity contribution >= 4 is 34.7 Å². The number of likely N-dealkylation sites (tertiary alicyclic amines) is 1. The second-order valence-corrected chi connectivity index (χ2v) is 7.14. The molecule has 0 aliphatic carbocycles. The zero-order chi connectivity index (χ0) is 21.1. The van der Waals surface area contributed by atoms with Gasteiger partial charge in [0.1, 0.15) is 5.76 Å². The van der Waals surface area contributed by atoms with Gasteiger partial charge in [-0.15, -0.1) is 0 Å². The van der Waals surface area contributed by atoms with E-state index in [9.17, 15) is 24.8 Å². The number of nitrogens with zero attached hydrogens (tertiary/aromatic N) is 2. The Morgan fingerprint density at radius 3 is 2.31 bits per heavy atom. The summed E-state index contributed by atoms with van der Waals surface area (Å²) < 4.78 is 0. The molecule has 1 atom stereocenters. The number of nitro groups is 1. The van der Waals surface area contributed by atoms with Crippen molar-refractivity contribution in [2.45, 2.75) is 25.8 Å². The van der Waals surface area contributed by atoms with Crippen LogP contribution in [0.2, 0.25) is 5.02 Å². The molecule has 0 saturated carbocycles. The molecule has 0 spiro atoms. The fourth-order valence-electron chi connectivity index (χ4n) is 3.33. The molecule has 0 unspecified atom stereocenters. The van der Waals surface area contributed by atoms with Crippen molar-refractivity contribution < 1.29 is 19.6 Å². The van der Waals surface area contributed by atoms with Gasteiger partial charge >= 0.3 is 0 Å². The van der Waals surface area contributed by atoms with Crippen LogP contribution >= 0.6 is 11.6 Å². The van der Waals surface area contributed by atoms with E-state index in [0.717, 1.165) is 6.42 Å². The third-order valence-electron chi connectivity index (χ3n) is 4.83. The van der Waals surface area contributed by atoms with Gasteiger partial charge in [0.05, 0.1) is 16.5 Å². The van der Waals surface area contributed by atoms with Crippen LogP contribution in [0.1, 0.15) is 36.9 Å². The third-order valence-corrected chi connectivity index (χ3v) is 5.08. The molecule has 7 nitrogen and oxygen atoms in total. The molecule has 2 aromatic carbocycles. The summed E-state index contributed by atoms with van der Waals surface area (Å²) in [4.78, 5) is 37.3. The number of carbonyl (C=O) groups excluding carboxylic acids is 2. The number of Topliss-reactive ketones (excluding diaryl/α,β-unsaturated/α-hetero) is 1. The van der Waals surface area contributed by atoms with Crippen molar-refractivity contribution in [2.75, 3.05) is 6.54 Å². The van der Waals surface area contributed by atoms with Gasteiger partial charge in [-0.1, -0.05) is 24.9 Å². The molecule has 1 amide bonds. The Bertz CT molecular complexity index is 983. The molecular formula is C21H19ClN2O5. The fraction of sp³-hybridized carbons (Fsp3) is 0.238. The predicted octanol–water partition coefficient (Wildman–Crippen LogP) is 4.47. The number of hydrogen-bond donors (Lipinski definition) is 1. The molecule has 29 heavy (non-hydrogen) atoms. The normalized spacial score (nSPS) is 18.3. The fourth-order valence-corrected chi connectivity index (χ4v) is 3.45. The number of halogens is 1. The van der Waals surface area contributed by atoms with Crippen molar-refractivity contribution in [1.29, 1.82) is 0 Å². The molecule has 0 radical (unpaired) electrons. The lowest BCUT2D eigenvalue weighted by Gasteiger charge is -2.25. The third kappa shape index (κ3) is 4.00. The number of unbranched alkanes of at least 4 members (excludes halogenated alkanes) is 1. The first-order valence-electron chi connectivity index (χ1n) is 9.13. The van der Waals surface area contributed by atoms with Gasteiger partial charge in [0.2, 0.25) is 0 Å². The van der Waals surface area contributed by atoms with Crippen LogP contribution in [0.5, 0.6) is 0 Å². The summed E-state index contributed by atoms with van der Waals surface area (Å²) in [7, 11) is 0. The minimum absolute atomic E-state index is 0.0396. The largest absolute Gasteiger partial charge is 0.507 e. The van der Waals surface area contributed by atoms with Crippen molar-refractivity contribution in [3.63, 3.8) is 0 Å². The van der Waals surface area contributed by atoms with Crippen molar-refractivity contribution in [2.24, 2.45) is 0 Å². The van der Waals surface area contributed by atoms with Crippen LogP contribution in [-0.4, -0.2) is 33.2 Å². The second-order valence-electron chi connectivity index (χ2n) is 6.70. The van der Waals surface area contributed by atoms with Gasteiger partial charge in [0.15, 0.2) is 0 Å². The molecule has 1 saturated heterocycles. The van der Waals surface area contributed by atoms with E-state index in [2.05, 4.69) is 0 Å². The van der Waals surface area contributed by atoms with Gasteiger partial charge in [-0.2, -0.15) is 0 Å². The van der Waals surface area contributed by atoms with Crippen molar-refractivity contribution in [3.8, 4) is 0 Å². The van der Waals surface area contributed by atoms with Crippen molar-refractivity contribution in [3.05, 3.63) is 80.4 Å². The summed E-state index contributed by atoms with van der Waals surface area (Å²) in [6, 6.07) is 11.1. The highest BCUT2D eigenvalue weighted by Crippen LogP contribution is 2.40. The molecule has 8 heteroatoms. The van der Waals surface area contributed by atoms with E-state index in [4.69, 9.17) is 11.6 Å². The van der Waals surface area contributed by atoms with E-state index in [1.54, 1.807) is 24.3 Å². The highest BCUT2D eigenvalue weighted by atomic mass is 35.5. The van der Waals surface area contributed by atoms with Gasteiger partial charge < -0.3 is 10.0 Å². The molecule has 2 aromatic rings. The molecule has 1 fully saturated rings. The maximum atomic E-state index is 12.8. The molecule has 1 aliphatic rings. The Morgan fingerprint density at radius 2 is 1.76 bits per heavy atom. The lowest BCUT2D eigenvalue weighted by Crippen LogP contribution is -2.30. The molecule has 0 aromatic heterocycles. The van der Waals surface area contributed by atoms with E-state index in [1.165, 1.54) is 29.2 Å². The lowest BCUT2D eigenvalue weighted by molar-refractivity contribution is -0.384. The second kappa shape index (κ2) is 8.45. The maximum absolute atomic E-state index is 12.8. The monoisotopic (exact) mass is 414 g/mol. The standard InChI is InChI=1S/C21H19ClN2O5/c1-2-3-12-23-18(13-6-10-16(11-7-13)24(28)29)17(20(26)21(23)27)19(25)14-4-8-15(22)9-5-14/h4-11,18,25H,2-3,12H2,1H3/b19-17+/t18-/m1/s1. The predicted molar refractivity (Wildman–Crippen MR) is 108 cm³/mol. The number of non-ortho nitro benzene ring substituents is 1. The van der Waals surface area contributed by atoms with Gasteiger partial charge in [0, 0.05) is 29.3 Å². The Morgan fingerprint density at radius 1 is 1.14 bits per heavy atom. The average molecular weight is 415 g/mol. The molecule has 1 heterocycles. The van der Waals surface area contributed by atoms with E-state index in [0.29, 0.717) is 29.1 Å². The number of benzene rings is 2. The molecule has 0 bridgehead atoms.